The minimum atomic E-state index is -0.769. The van der Waals surface area contributed by atoms with Gasteiger partial charge in [-0.2, -0.15) is 0 Å². The highest BCUT2D eigenvalue weighted by atomic mass is 19.1. The van der Waals surface area contributed by atoms with Crippen LogP contribution < -0.4 is 27.2 Å². The molecule has 3 amide bonds. The monoisotopic (exact) mass is 883 g/mol. The molecule has 2 aliphatic heterocycles. The van der Waals surface area contributed by atoms with Crippen molar-refractivity contribution in [3.05, 3.63) is 105 Å². The maximum Gasteiger partial charge on any atom is 0.329 e. The van der Waals surface area contributed by atoms with E-state index in [2.05, 4.69) is 56.7 Å². The number of fused-ring (bicyclic) bond motifs is 2. The molecule has 17 nitrogen and oxygen atoms in total. The fourth-order valence-corrected chi connectivity index (χ4v) is 8.47. The van der Waals surface area contributed by atoms with E-state index in [9.17, 15) is 33.2 Å². The van der Waals surface area contributed by atoms with Crippen molar-refractivity contribution in [1.82, 2.24) is 43.5 Å². The number of Topliss-reactive ketones (excluding diaryl/α,β-unsaturated/α-hetero) is 1. The summed E-state index contributed by atoms with van der Waals surface area (Å²) in [5.74, 6) is 7.24. The third-order valence-corrected chi connectivity index (χ3v) is 12.3. The van der Waals surface area contributed by atoms with Crippen molar-refractivity contribution in [3.63, 3.8) is 0 Å². The fourth-order valence-electron chi connectivity index (χ4n) is 8.47. The molecule has 0 radical (unpaired) electrons. The van der Waals surface area contributed by atoms with Gasteiger partial charge in [-0.05, 0) is 79.8 Å². The van der Waals surface area contributed by atoms with Crippen LogP contribution in [0.25, 0.3) is 22.5 Å². The molecule has 3 aliphatic rings. The average Bonchev–Trinajstić information content (AvgIpc) is 3.79. The summed E-state index contributed by atoms with van der Waals surface area (Å²) in [6, 6.07) is 13.0. The number of para-hydroxylation sites is 1. The first-order valence-electron chi connectivity index (χ1n) is 21.7. The number of ketones is 1. The minimum Gasteiger partial charge on any atom is -0.385 e. The molecule has 1 saturated carbocycles. The van der Waals surface area contributed by atoms with Crippen LogP contribution >= 0.6 is 0 Å². The quantitative estimate of drug-likeness (QED) is 0.0982. The van der Waals surface area contributed by atoms with Crippen molar-refractivity contribution in [1.29, 1.82) is 0 Å². The average molecular weight is 884 g/mol. The van der Waals surface area contributed by atoms with Gasteiger partial charge in [0.1, 0.15) is 29.4 Å². The number of halogens is 1. The second-order valence-electron chi connectivity index (χ2n) is 17.0. The SMILES string of the molecule is CC(C)C1CC1F.CNc1cc(Nc2cccn(-c3ccc(C(=O)N4CCC(CC#Cc5cccc6c5n(C)c(=O)n6C5CCC(=O)NC5=O)CC4)cn3)c2=O)nn2c(C(C)=O)cnc12. The highest BCUT2D eigenvalue weighted by molar-refractivity contribution is 6.00. The number of nitrogens with one attached hydrogen (secondary N) is 3. The lowest BCUT2D eigenvalue weighted by Crippen LogP contribution is -2.44. The summed E-state index contributed by atoms with van der Waals surface area (Å²) >= 11 is 0. The first kappa shape index (κ1) is 44.2. The van der Waals surface area contributed by atoms with Crippen molar-refractivity contribution in [3.8, 4) is 17.7 Å². The Hall–Kier alpha value is -7.42. The van der Waals surface area contributed by atoms with Gasteiger partial charge in [0, 0.05) is 65.4 Å². The number of hydrogen-bond donors (Lipinski definition) is 3. The van der Waals surface area contributed by atoms with E-state index in [1.165, 1.54) is 37.5 Å². The van der Waals surface area contributed by atoms with E-state index in [1.807, 2.05) is 12.1 Å². The molecule has 0 bridgehead atoms. The topological polar surface area (TPSA) is 200 Å². The molecule has 9 rings (SSSR count). The number of aromatic nitrogens is 7. The summed E-state index contributed by atoms with van der Waals surface area (Å²) in [5, 5.41) is 12.9. The number of aryl methyl sites for hydroxylation is 1. The second kappa shape index (κ2) is 18.4. The third-order valence-electron chi connectivity index (χ3n) is 12.3. The zero-order chi connectivity index (χ0) is 46.1. The number of anilines is 3. The van der Waals surface area contributed by atoms with Crippen LogP contribution in [0.4, 0.5) is 21.6 Å². The van der Waals surface area contributed by atoms with Gasteiger partial charge in [-0.25, -0.2) is 23.7 Å². The predicted molar refractivity (Wildman–Crippen MR) is 242 cm³/mol. The number of carbonyl (C=O) groups is 4. The summed E-state index contributed by atoms with van der Waals surface area (Å²) in [6.45, 7) is 6.69. The lowest BCUT2D eigenvalue weighted by molar-refractivity contribution is -0.135. The zero-order valence-corrected chi connectivity index (χ0v) is 36.8. The summed E-state index contributed by atoms with van der Waals surface area (Å²) < 4.78 is 17.8. The van der Waals surface area contributed by atoms with Crippen LogP contribution in [-0.2, 0) is 16.6 Å². The summed E-state index contributed by atoms with van der Waals surface area (Å²) in [5.41, 5.74) is 3.18. The fraction of sp³-hybridized carbons (Fsp3) is 0.383. The van der Waals surface area contributed by atoms with E-state index in [0.717, 1.165) is 19.3 Å². The first-order valence-corrected chi connectivity index (χ1v) is 21.7. The molecule has 18 heteroatoms. The number of alkyl halides is 1. The molecular weight excluding hydrogens is 834 g/mol. The molecule has 3 unspecified atom stereocenters. The Morgan fingerprint density at radius 2 is 1.75 bits per heavy atom. The van der Waals surface area contributed by atoms with Crippen molar-refractivity contribution in [2.75, 3.05) is 30.8 Å². The minimum absolute atomic E-state index is 0.147. The molecule has 0 spiro atoms. The number of nitrogens with zero attached hydrogens (tertiary/aromatic N) is 8. The van der Waals surface area contributed by atoms with Gasteiger partial charge < -0.3 is 15.5 Å². The number of carbonyl (C=O) groups excluding carboxylic acids is 4. The van der Waals surface area contributed by atoms with Gasteiger partial charge in [0.15, 0.2) is 17.2 Å². The molecule has 3 fully saturated rings. The normalized spacial score (nSPS) is 18.4. The van der Waals surface area contributed by atoms with Gasteiger partial charge in [0.25, 0.3) is 11.5 Å². The Bertz CT molecular complexity index is 3020. The molecule has 1 aromatic carbocycles. The van der Waals surface area contributed by atoms with E-state index in [4.69, 9.17) is 0 Å². The maximum atomic E-state index is 13.6. The van der Waals surface area contributed by atoms with E-state index >= 15 is 0 Å². The number of amides is 3. The van der Waals surface area contributed by atoms with Crippen LogP contribution in [0, 0.1) is 29.6 Å². The first-order chi connectivity index (χ1) is 31.2. The molecule has 65 heavy (non-hydrogen) atoms. The van der Waals surface area contributed by atoms with E-state index in [1.54, 1.807) is 61.6 Å². The van der Waals surface area contributed by atoms with Crippen LogP contribution in [-0.4, -0.2) is 88.0 Å². The van der Waals surface area contributed by atoms with Gasteiger partial charge >= 0.3 is 5.69 Å². The number of rotatable bonds is 9. The van der Waals surface area contributed by atoms with Crippen molar-refractivity contribution >= 4 is 57.4 Å². The van der Waals surface area contributed by atoms with Gasteiger partial charge in [0.2, 0.25) is 11.8 Å². The van der Waals surface area contributed by atoms with Crippen LogP contribution in [0.3, 0.4) is 0 Å². The predicted octanol–water partition coefficient (Wildman–Crippen LogP) is 5.19. The molecule has 2 saturated heterocycles. The van der Waals surface area contributed by atoms with E-state index in [-0.39, 0.29) is 47.7 Å². The van der Waals surface area contributed by atoms with Crippen molar-refractivity contribution < 1.29 is 23.6 Å². The summed E-state index contributed by atoms with van der Waals surface area (Å²) in [4.78, 5) is 87.3. The van der Waals surface area contributed by atoms with Crippen molar-refractivity contribution in [2.24, 2.45) is 24.8 Å². The van der Waals surface area contributed by atoms with Crippen molar-refractivity contribution in [2.45, 2.75) is 71.5 Å². The maximum absolute atomic E-state index is 13.6. The molecule has 1 aliphatic carbocycles. The number of piperidine rings is 2. The number of pyridine rings is 2. The number of imide groups is 1. The lowest BCUT2D eigenvalue weighted by atomic mass is 9.93. The van der Waals surface area contributed by atoms with Crippen LogP contribution in [0.1, 0.15) is 91.7 Å². The van der Waals surface area contributed by atoms with Crippen LogP contribution in [0.15, 0.2) is 76.7 Å². The highest BCUT2D eigenvalue weighted by Crippen LogP contribution is 2.39. The van der Waals surface area contributed by atoms with E-state index in [0.29, 0.717) is 82.2 Å². The second-order valence-corrected chi connectivity index (χ2v) is 17.0. The van der Waals surface area contributed by atoms with Crippen LogP contribution in [0.5, 0.6) is 0 Å². The Labute approximate surface area is 373 Å². The smallest absolute Gasteiger partial charge is 0.329 e. The molecule has 3 N–H and O–H groups in total. The number of imidazole rings is 2. The van der Waals surface area contributed by atoms with Crippen LogP contribution in [0.2, 0.25) is 0 Å². The third kappa shape index (κ3) is 9.04. The van der Waals surface area contributed by atoms with Gasteiger partial charge in [-0.15, -0.1) is 5.10 Å². The summed E-state index contributed by atoms with van der Waals surface area (Å²) in [7, 11) is 3.38. The molecule has 6 aromatic rings. The Balaban J connectivity index is 0.000000753. The number of benzene rings is 1. The molecular formula is C47H50FN11O6. The zero-order valence-electron chi connectivity index (χ0n) is 36.8. The Morgan fingerprint density at radius 3 is 2.40 bits per heavy atom. The highest BCUT2D eigenvalue weighted by Gasteiger charge is 2.39. The lowest BCUT2D eigenvalue weighted by Gasteiger charge is -2.31. The number of hydrogen-bond acceptors (Lipinski definition) is 11. The Kier molecular flexibility index (Phi) is 12.5. The van der Waals surface area contributed by atoms with Gasteiger partial charge in [-0.1, -0.05) is 31.8 Å². The number of likely N-dealkylation sites (tertiary alicyclic amines) is 1. The van der Waals surface area contributed by atoms with E-state index < -0.39 is 23.7 Å². The largest absolute Gasteiger partial charge is 0.385 e. The molecule has 5 aromatic heterocycles. The molecule has 336 valence electrons. The summed E-state index contributed by atoms with van der Waals surface area (Å²) in [6.07, 6.45) is 7.44. The standard InChI is InChI=1S/C41H39N11O6.C6H11F/c1-24(53)32-23-44-37-29(42-2)21-33(47-52(32)37)45-28-10-6-18-50(40(28)57)34-14-12-27(22-43-34)39(56)49-19-16-25(17-20-49)7-4-8-26-9-5-11-30-36(26)48(3)41(58)51(30)31-13-15-35(54)46-38(31)55;1-4(2)5-3-6(5)7/h5-6,9-12,14,18,21-23,25,31,42H,7,13,15-17,19-20H2,1-3H3,(H,45,47)(H,46,54,55);4-6H,3H2,1-2H3. The Morgan fingerprint density at radius 1 is 0.985 bits per heavy atom. The molecule has 3 atom stereocenters. The molecule has 7 heterocycles. The van der Waals surface area contributed by atoms with Gasteiger partial charge in [0.05, 0.1) is 34.0 Å². The van der Waals surface area contributed by atoms with Gasteiger partial charge in [-0.3, -0.25) is 43.0 Å².